The first-order chi connectivity index (χ1) is 8.97. The molecule has 19 heavy (non-hydrogen) atoms. The number of anilines is 1. The summed E-state index contributed by atoms with van der Waals surface area (Å²) in [5, 5.41) is 16.6. The van der Waals surface area contributed by atoms with Crippen molar-refractivity contribution in [3.8, 4) is 0 Å². The lowest BCUT2D eigenvalue weighted by Gasteiger charge is -2.28. The van der Waals surface area contributed by atoms with Crippen LogP contribution >= 0.6 is 15.9 Å². The van der Waals surface area contributed by atoms with Crippen LogP contribution in [0.3, 0.4) is 0 Å². The van der Waals surface area contributed by atoms with Crippen LogP contribution < -0.4 is 10.9 Å². The van der Waals surface area contributed by atoms with Crippen LogP contribution in [0.15, 0.2) is 15.5 Å². The third-order valence-electron chi connectivity index (χ3n) is 3.06. The predicted octanol–water partition coefficient (Wildman–Crippen LogP) is 1.23. The van der Waals surface area contributed by atoms with E-state index in [4.69, 9.17) is 4.74 Å². The van der Waals surface area contributed by atoms with Crippen LogP contribution in [0.1, 0.15) is 20.3 Å². The Morgan fingerprint density at radius 3 is 2.84 bits per heavy atom. The Balaban J connectivity index is 2.99. The number of ether oxygens (including phenoxy) is 1. The third-order valence-corrected chi connectivity index (χ3v) is 3.82. The van der Waals surface area contributed by atoms with Crippen molar-refractivity contribution in [3.05, 3.63) is 21.0 Å². The van der Waals surface area contributed by atoms with Crippen molar-refractivity contribution in [1.29, 1.82) is 0 Å². The van der Waals surface area contributed by atoms with Crippen molar-refractivity contribution >= 4 is 21.6 Å². The fourth-order valence-electron chi connectivity index (χ4n) is 1.45. The van der Waals surface area contributed by atoms with E-state index < -0.39 is 5.54 Å². The molecule has 1 heterocycles. The van der Waals surface area contributed by atoms with Gasteiger partial charge >= 0.3 is 0 Å². The molecule has 0 aliphatic carbocycles. The molecule has 0 radical (unpaired) electrons. The molecule has 0 saturated heterocycles. The van der Waals surface area contributed by atoms with Crippen molar-refractivity contribution in [3.63, 3.8) is 0 Å². The number of halogens is 1. The van der Waals surface area contributed by atoms with Crippen molar-refractivity contribution < 1.29 is 9.84 Å². The van der Waals surface area contributed by atoms with E-state index in [1.165, 1.54) is 4.68 Å². The maximum Gasteiger partial charge on any atom is 0.283 e. The first-order valence-electron chi connectivity index (χ1n) is 6.11. The van der Waals surface area contributed by atoms with Crippen LogP contribution in [0.2, 0.25) is 0 Å². The summed E-state index contributed by atoms with van der Waals surface area (Å²) in [7, 11) is 1.57. The second-order valence-electron chi connectivity index (χ2n) is 4.59. The maximum absolute atomic E-state index is 12.1. The molecule has 0 fully saturated rings. The lowest BCUT2D eigenvalue weighted by molar-refractivity contribution is 0.181. The molecule has 1 aromatic heterocycles. The average molecular weight is 334 g/mol. The quantitative estimate of drug-likeness (QED) is 0.784. The number of aliphatic hydroxyl groups excluding tert-OH is 1. The predicted molar refractivity (Wildman–Crippen MR) is 77.5 cm³/mol. The Morgan fingerprint density at radius 1 is 1.63 bits per heavy atom. The van der Waals surface area contributed by atoms with Crippen molar-refractivity contribution in [2.24, 2.45) is 0 Å². The molecule has 2 N–H and O–H groups in total. The van der Waals surface area contributed by atoms with Gasteiger partial charge in [0.1, 0.15) is 4.47 Å². The Labute approximate surface area is 120 Å². The van der Waals surface area contributed by atoms with Gasteiger partial charge in [-0.1, -0.05) is 6.92 Å². The minimum atomic E-state index is -0.477. The molecule has 0 saturated carbocycles. The van der Waals surface area contributed by atoms with Gasteiger partial charge in [0.05, 0.1) is 37.2 Å². The highest BCUT2D eigenvalue weighted by Crippen LogP contribution is 2.22. The maximum atomic E-state index is 12.1. The molecular weight excluding hydrogens is 314 g/mol. The van der Waals surface area contributed by atoms with Crippen LogP contribution in [0.25, 0.3) is 0 Å². The summed E-state index contributed by atoms with van der Waals surface area (Å²) in [6, 6.07) is 0. The summed E-state index contributed by atoms with van der Waals surface area (Å²) in [5.41, 5.74) is -0.120. The highest BCUT2D eigenvalue weighted by atomic mass is 79.9. The highest BCUT2D eigenvalue weighted by Gasteiger charge is 2.22. The van der Waals surface area contributed by atoms with Gasteiger partial charge in [0.2, 0.25) is 0 Å². The molecule has 0 aliphatic rings. The van der Waals surface area contributed by atoms with Crippen LogP contribution in [-0.4, -0.2) is 40.7 Å². The normalized spacial score (nSPS) is 14.2. The van der Waals surface area contributed by atoms with E-state index in [-0.39, 0.29) is 12.2 Å². The SMILES string of the molecule is CCC(C)(CO)Nc1cnn(CCOC)c(=O)c1Br. The lowest BCUT2D eigenvalue weighted by atomic mass is 10.0. The largest absolute Gasteiger partial charge is 0.394 e. The molecule has 0 aliphatic heterocycles. The number of hydrogen-bond donors (Lipinski definition) is 2. The van der Waals surface area contributed by atoms with Gasteiger partial charge in [0.15, 0.2) is 0 Å². The number of nitrogens with one attached hydrogen (secondary N) is 1. The molecule has 0 amide bonds. The highest BCUT2D eigenvalue weighted by molar-refractivity contribution is 9.10. The molecule has 1 rings (SSSR count). The summed E-state index contributed by atoms with van der Waals surface area (Å²) >= 11 is 3.28. The van der Waals surface area contributed by atoms with Gasteiger partial charge in [0.25, 0.3) is 5.56 Å². The molecule has 0 aromatic carbocycles. The minimum absolute atomic E-state index is 0.0251. The summed E-state index contributed by atoms with van der Waals surface area (Å²) in [5.74, 6) is 0. The van der Waals surface area contributed by atoms with Crippen LogP contribution in [0.5, 0.6) is 0 Å². The lowest BCUT2D eigenvalue weighted by Crippen LogP contribution is -2.39. The fourth-order valence-corrected chi connectivity index (χ4v) is 1.86. The van der Waals surface area contributed by atoms with Gasteiger partial charge in [-0.05, 0) is 29.3 Å². The van der Waals surface area contributed by atoms with Crippen molar-refractivity contribution in [1.82, 2.24) is 9.78 Å². The second-order valence-corrected chi connectivity index (χ2v) is 5.38. The number of nitrogens with zero attached hydrogens (tertiary/aromatic N) is 2. The zero-order valence-corrected chi connectivity index (χ0v) is 13.0. The summed E-state index contributed by atoms with van der Waals surface area (Å²) < 4.78 is 6.67. The van der Waals surface area contributed by atoms with Crippen molar-refractivity contribution in [2.45, 2.75) is 32.4 Å². The van der Waals surface area contributed by atoms with Gasteiger partial charge in [-0.15, -0.1) is 0 Å². The van der Waals surface area contributed by atoms with Gasteiger partial charge < -0.3 is 15.2 Å². The van der Waals surface area contributed by atoms with E-state index in [9.17, 15) is 9.90 Å². The monoisotopic (exact) mass is 333 g/mol. The minimum Gasteiger partial charge on any atom is -0.394 e. The van der Waals surface area contributed by atoms with E-state index in [1.54, 1.807) is 13.3 Å². The van der Waals surface area contributed by atoms with Gasteiger partial charge in [-0.25, -0.2) is 4.68 Å². The first kappa shape index (κ1) is 16.1. The second kappa shape index (κ2) is 7.02. The number of hydrogen-bond acceptors (Lipinski definition) is 5. The molecule has 108 valence electrons. The molecular formula is C12H20BrN3O3. The summed E-state index contributed by atoms with van der Waals surface area (Å²) in [6.45, 7) is 4.65. The zero-order chi connectivity index (χ0) is 14.5. The summed E-state index contributed by atoms with van der Waals surface area (Å²) in [6.07, 6.45) is 2.30. The van der Waals surface area contributed by atoms with E-state index in [1.807, 2.05) is 13.8 Å². The van der Waals surface area contributed by atoms with Crippen LogP contribution in [0, 0.1) is 0 Å². The molecule has 1 aromatic rings. The standard InChI is InChI=1S/C12H20BrN3O3/c1-4-12(2,8-17)15-9-7-14-16(5-6-19-3)11(18)10(9)13/h7,15,17H,4-6,8H2,1-3H3. The number of aliphatic hydroxyl groups is 1. The average Bonchev–Trinajstić information content (AvgIpc) is 2.43. The molecule has 1 unspecified atom stereocenters. The Morgan fingerprint density at radius 2 is 2.32 bits per heavy atom. The van der Waals surface area contributed by atoms with Crippen molar-refractivity contribution in [2.75, 3.05) is 25.6 Å². The Hall–Kier alpha value is -0.920. The molecule has 7 heteroatoms. The van der Waals surface area contributed by atoms with E-state index in [2.05, 4.69) is 26.3 Å². The van der Waals surface area contributed by atoms with E-state index in [0.29, 0.717) is 23.3 Å². The van der Waals surface area contributed by atoms with Gasteiger partial charge in [-0.3, -0.25) is 4.79 Å². The molecule has 0 bridgehead atoms. The van der Waals surface area contributed by atoms with Gasteiger partial charge in [-0.2, -0.15) is 5.10 Å². The number of methoxy groups -OCH3 is 1. The van der Waals surface area contributed by atoms with E-state index >= 15 is 0 Å². The Bertz CT molecular complexity index is 472. The van der Waals surface area contributed by atoms with Crippen LogP contribution in [0.4, 0.5) is 5.69 Å². The first-order valence-corrected chi connectivity index (χ1v) is 6.90. The smallest absolute Gasteiger partial charge is 0.283 e. The molecule has 0 spiro atoms. The topological polar surface area (TPSA) is 76.4 Å². The van der Waals surface area contributed by atoms with Gasteiger partial charge in [0, 0.05) is 7.11 Å². The number of rotatable bonds is 7. The fraction of sp³-hybridized carbons (Fsp3) is 0.667. The summed E-state index contributed by atoms with van der Waals surface area (Å²) in [4.78, 5) is 12.1. The number of aromatic nitrogens is 2. The van der Waals surface area contributed by atoms with Crippen LogP contribution in [-0.2, 0) is 11.3 Å². The zero-order valence-electron chi connectivity index (χ0n) is 11.4. The van der Waals surface area contributed by atoms with E-state index in [0.717, 1.165) is 6.42 Å². The molecule has 6 nitrogen and oxygen atoms in total. The third kappa shape index (κ3) is 4.02. The Kier molecular flexibility index (Phi) is 5.96. The molecule has 1 atom stereocenters.